The average Bonchev–Trinajstić information content (AvgIpc) is 2.87. The van der Waals surface area contributed by atoms with Crippen molar-refractivity contribution >= 4 is 11.7 Å². The molecule has 114 valence electrons. The van der Waals surface area contributed by atoms with E-state index in [1.807, 2.05) is 0 Å². The van der Waals surface area contributed by atoms with Gasteiger partial charge in [-0.05, 0) is 49.7 Å². The Labute approximate surface area is 125 Å². The van der Waals surface area contributed by atoms with Gasteiger partial charge in [-0.25, -0.2) is 0 Å². The maximum atomic E-state index is 11.4. The van der Waals surface area contributed by atoms with Gasteiger partial charge in [0.25, 0.3) is 0 Å². The molecule has 1 aromatic rings. The van der Waals surface area contributed by atoms with Gasteiger partial charge in [0.05, 0.1) is 0 Å². The number of nitrogens with two attached hydrogens (primary N) is 1. The summed E-state index contributed by atoms with van der Waals surface area (Å²) in [6, 6.07) is 8.55. The van der Waals surface area contributed by atoms with E-state index in [9.17, 15) is 9.90 Å². The maximum Gasteiger partial charge on any atom is 0.323 e. The van der Waals surface area contributed by atoms with Gasteiger partial charge in [-0.2, -0.15) is 0 Å². The van der Waals surface area contributed by atoms with Gasteiger partial charge in [0, 0.05) is 18.8 Å². The summed E-state index contributed by atoms with van der Waals surface area (Å²) in [5, 5.41) is 9.40. The molecular formula is C17H24N2O2. The van der Waals surface area contributed by atoms with Crippen LogP contribution >= 0.6 is 0 Å². The molecule has 1 saturated carbocycles. The minimum absolute atomic E-state index is 0.101. The highest BCUT2D eigenvalue weighted by molar-refractivity contribution is 5.79. The third-order valence-electron chi connectivity index (χ3n) is 5.22. The second-order valence-electron chi connectivity index (χ2n) is 6.44. The third kappa shape index (κ3) is 2.64. The number of benzene rings is 1. The number of para-hydroxylation sites is 1. The van der Waals surface area contributed by atoms with Crippen molar-refractivity contribution in [2.24, 2.45) is 11.7 Å². The highest BCUT2D eigenvalue weighted by atomic mass is 16.4. The predicted molar refractivity (Wildman–Crippen MR) is 83.5 cm³/mol. The molecule has 2 atom stereocenters. The lowest BCUT2D eigenvalue weighted by Crippen LogP contribution is -2.51. The Hall–Kier alpha value is -1.55. The summed E-state index contributed by atoms with van der Waals surface area (Å²) >= 11 is 0. The zero-order valence-corrected chi connectivity index (χ0v) is 12.4. The topological polar surface area (TPSA) is 66.6 Å². The van der Waals surface area contributed by atoms with Crippen LogP contribution in [-0.4, -0.2) is 29.7 Å². The number of aryl methyl sites for hydroxylation is 1. The Morgan fingerprint density at radius 2 is 2.19 bits per heavy atom. The van der Waals surface area contributed by atoms with E-state index >= 15 is 0 Å². The van der Waals surface area contributed by atoms with E-state index in [1.54, 1.807) is 0 Å². The lowest BCUT2D eigenvalue weighted by molar-refractivity contribution is -0.144. The number of carbonyl (C=O) groups is 1. The normalized spacial score (nSPS) is 28.4. The summed E-state index contributed by atoms with van der Waals surface area (Å²) < 4.78 is 0. The summed E-state index contributed by atoms with van der Waals surface area (Å²) in [4.78, 5) is 13.8. The zero-order chi connectivity index (χ0) is 14.9. The van der Waals surface area contributed by atoms with Gasteiger partial charge in [0.2, 0.25) is 0 Å². The molecule has 0 aromatic heterocycles. The maximum absolute atomic E-state index is 11.4. The standard InChI is InChI=1S/C17H24N2O2/c18-17(16(20)21)10-3-7-14(17)9-12-19-11-4-6-13-5-1-2-8-15(13)19/h1-2,5,8,14H,3-4,6-7,9-12,18H2,(H,20,21). The summed E-state index contributed by atoms with van der Waals surface area (Å²) in [6.45, 7) is 1.97. The van der Waals surface area contributed by atoms with Crippen molar-refractivity contribution in [1.82, 2.24) is 0 Å². The van der Waals surface area contributed by atoms with Crippen molar-refractivity contribution in [3.63, 3.8) is 0 Å². The Balaban J connectivity index is 1.68. The van der Waals surface area contributed by atoms with Crippen LogP contribution in [0.15, 0.2) is 24.3 Å². The Morgan fingerprint density at radius 1 is 1.38 bits per heavy atom. The minimum atomic E-state index is -1.00. The van der Waals surface area contributed by atoms with E-state index in [0.717, 1.165) is 38.8 Å². The second-order valence-corrected chi connectivity index (χ2v) is 6.44. The first kappa shape index (κ1) is 14.4. The van der Waals surface area contributed by atoms with Gasteiger partial charge >= 0.3 is 5.97 Å². The van der Waals surface area contributed by atoms with E-state index in [4.69, 9.17) is 5.73 Å². The minimum Gasteiger partial charge on any atom is -0.480 e. The van der Waals surface area contributed by atoms with Crippen LogP contribution in [0, 0.1) is 5.92 Å². The number of anilines is 1. The molecule has 4 heteroatoms. The van der Waals surface area contributed by atoms with E-state index in [-0.39, 0.29) is 5.92 Å². The van der Waals surface area contributed by atoms with E-state index in [2.05, 4.69) is 29.2 Å². The molecule has 1 aliphatic heterocycles. The number of rotatable bonds is 4. The fourth-order valence-corrected chi connectivity index (χ4v) is 3.94. The van der Waals surface area contributed by atoms with Crippen LogP contribution in [-0.2, 0) is 11.2 Å². The van der Waals surface area contributed by atoms with Crippen LogP contribution < -0.4 is 10.6 Å². The van der Waals surface area contributed by atoms with Crippen LogP contribution in [0.1, 0.15) is 37.7 Å². The van der Waals surface area contributed by atoms with E-state index < -0.39 is 11.5 Å². The first-order valence-corrected chi connectivity index (χ1v) is 7.96. The number of fused-ring (bicyclic) bond motifs is 1. The first-order valence-electron chi connectivity index (χ1n) is 7.96. The molecule has 4 nitrogen and oxygen atoms in total. The molecule has 0 saturated heterocycles. The summed E-state index contributed by atoms with van der Waals surface area (Å²) in [5.74, 6) is -0.729. The molecule has 1 aromatic carbocycles. The van der Waals surface area contributed by atoms with Crippen LogP contribution in [0.25, 0.3) is 0 Å². The number of carboxylic acid groups (broad SMARTS) is 1. The summed E-state index contributed by atoms with van der Waals surface area (Å²) in [7, 11) is 0. The fourth-order valence-electron chi connectivity index (χ4n) is 3.94. The highest BCUT2D eigenvalue weighted by Crippen LogP contribution is 2.37. The molecule has 3 N–H and O–H groups in total. The molecule has 1 heterocycles. The number of carboxylic acids is 1. The predicted octanol–water partition coefficient (Wildman–Crippen LogP) is 2.41. The van der Waals surface area contributed by atoms with E-state index in [0.29, 0.717) is 6.42 Å². The molecule has 0 spiro atoms. The fraction of sp³-hybridized carbons (Fsp3) is 0.588. The van der Waals surface area contributed by atoms with Crippen molar-refractivity contribution in [2.45, 2.75) is 44.1 Å². The molecular weight excluding hydrogens is 264 g/mol. The van der Waals surface area contributed by atoms with Crippen LogP contribution in [0.4, 0.5) is 5.69 Å². The lowest BCUT2D eigenvalue weighted by Gasteiger charge is -2.34. The van der Waals surface area contributed by atoms with Gasteiger partial charge in [0.15, 0.2) is 0 Å². The van der Waals surface area contributed by atoms with Gasteiger partial charge in [-0.3, -0.25) is 4.79 Å². The van der Waals surface area contributed by atoms with Gasteiger partial charge in [-0.15, -0.1) is 0 Å². The largest absolute Gasteiger partial charge is 0.480 e. The Bertz CT molecular complexity index is 531. The highest BCUT2D eigenvalue weighted by Gasteiger charge is 2.45. The van der Waals surface area contributed by atoms with Crippen molar-refractivity contribution in [2.75, 3.05) is 18.0 Å². The lowest BCUT2D eigenvalue weighted by atomic mass is 9.85. The zero-order valence-electron chi connectivity index (χ0n) is 12.4. The Morgan fingerprint density at radius 3 is 3.00 bits per heavy atom. The summed E-state index contributed by atoms with van der Waals surface area (Å²) in [6.07, 6.45) is 5.68. The molecule has 0 amide bonds. The van der Waals surface area contributed by atoms with Gasteiger partial charge in [0.1, 0.15) is 5.54 Å². The average molecular weight is 288 g/mol. The molecule has 2 aliphatic rings. The van der Waals surface area contributed by atoms with Crippen molar-refractivity contribution < 1.29 is 9.90 Å². The summed E-state index contributed by atoms with van der Waals surface area (Å²) in [5.41, 5.74) is 7.86. The number of aliphatic carboxylic acids is 1. The number of hydrogen-bond donors (Lipinski definition) is 2. The quantitative estimate of drug-likeness (QED) is 0.893. The second kappa shape index (κ2) is 5.68. The number of nitrogens with zero attached hydrogens (tertiary/aromatic N) is 1. The smallest absolute Gasteiger partial charge is 0.323 e. The van der Waals surface area contributed by atoms with Crippen LogP contribution in [0.2, 0.25) is 0 Å². The van der Waals surface area contributed by atoms with Crippen molar-refractivity contribution in [3.05, 3.63) is 29.8 Å². The monoisotopic (exact) mass is 288 g/mol. The van der Waals surface area contributed by atoms with Crippen LogP contribution in [0.3, 0.4) is 0 Å². The van der Waals surface area contributed by atoms with Gasteiger partial charge < -0.3 is 15.7 Å². The molecule has 1 fully saturated rings. The molecule has 21 heavy (non-hydrogen) atoms. The SMILES string of the molecule is NC1(C(=O)O)CCCC1CCN1CCCc2ccccc21. The molecule has 1 aliphatic carbocycles. The molecule has 3 rings (SSSR count). The van der Waals surface area contributed by atoms with Crippen molar-refractivity contribution in [1.29, 1.82) is 0 Å². The van der Waals surface area contributed by atoms with Crippen molar-refractivity contribution in [3.8, 4) is 0 Å². The molecule has 0 bridgehead atoms. The third-order valence-corrected chi connectivity index (χ3v) is 5.22. The van der Waals surface area contributed by atoms with Gasteiger partial charge in [-0.1, -0.05) is 24.6 Å². The van der Waals surface area contributed by atoms with E-state index in [1.165, 1.54) is 17.7 Å². The van der Waals surface area contributed by atoms with Crippen LogP contribution in [0.5, 0.6) is 0 Å². The Kier molecular flexibility index (Phi) is 3.89. The first-order chi connectivity index (χ1) is 10.1. The number of hydrogen-bond acceptors (Lipinski definition) is 3. The molecule has 0 radical (unpaired) electrons. The molecule has 2 unspecified atom stereocenters.